The highest BCUT2D eigenvalue weighted by atomic mass is 79.9. The Hall–Kier alpha value is -1.62. The van der Waals surface area contributed by atoms with E-state index in [0.717, 1.165) is 34.2 Å². The van der Waals surface area contributed by atoms with E-state index < -0.39 is 0 Å². The van der Waals surface area contributed by atoms with Crippen molar-refractivity contribution in [2.45, 2.75) is 13.3 Å². The van der Waals surface area contributed by atoms with Crippen LogP contribution < -0.4 is 10.6 Å². The molecule has 4 nitrogen and oxygen atoms in total. The maximum Gasteiger partial charge on any atom is 0.216 e. The van der Waals surface area contributed by atoms with Crippen molar-refractivity contribution in [2.75, 3.05) is 18.4 Å². The number of rotatable bonds is 5. The highest BCUT2D eigenvalue weighted by Gasteiger charge is 1.99. The standard InChI is InChI=1S/C14H16BrN3O/c1-10(19)16-7-2-8-17-14-6-3-11-9-12(15)4-5-13(11)18-14/h3-6,9H,2,7-8H2,1H3,(H,16,19)(H,17,18). The number of pyridine rings is 1. The van der Waals surface area contributed by atoms with Gasteiger partial charge in [-0.2, -0.15) is 0 Å². The first-order valence-corrected chi connectivity index (χ1v) is 6.99. The van der Waals surface area contributed by atoms with Crippen molar-refractivity contribution < 1.29 is 4.79 Å². The normalized spacial score (nSPS) is 10.4. The van der Waals surface area contributed by atoms with Gasteiger partial charge in [0.05, 0.1) is 5.52 Å². The van der Waals surface area contributed by atoms with E-state index in [1.807, 2.05) is 30.3 Å². The fourth-order valence-electron chi connectivity index (χ4n) is 1.76. The molecule has 100 valence electrons. The van der Waals surface area contributed by atoms with Gasteiger partial charge in [-0.1, -0.05) is 15.9 Å². The second kappa shape index (κ2) is 6.52. The first-order chi connectivity index (χ1) is 9.15. The van der Waals surface area contributed by atoms with Crippen LogP contribution in [0.15, 0.2) is 34.8 Å². The van der Waals surface area contributed by atoms with Gasteiger partial charge in [-0.3, -0.25) is 4.79 Å². The molecule has 1 aromatic carbocycles. The summed E-state index contributed by atoms with van der Waals surface area (Å²) in [6.45, 7) is 2.99. The van der Waals surface area contributed by atoms with Gasteiger partial charge in [-0.15, -0.1) is 0 Å². The Bertz CT molecular complexity index is 586. The predicted octanol–water partition coefficient (Wildman–Crippen LogP) is 2.94. The largest absolute Gasteiger partial charge is 0.370 e. The molecule has 0 saturated heterocycles. The Morgan fingerprint density at radius 2 is 2.11 bits per heavy atom. The predicted molar refractivity (Wildman–Crippen MR) is 81.2 cm³/mol. The van der Waals surface area contributed by atoms with Crippen LogP contribution in [0.1, 0.15) is 13.3 Å². The van der Waals surface area contributed by atoms with Crippen molar-refractivity contribution in [3.8, 4) is 0 Å². The molecule has 2 rings (SSSR count). The van der Waals surface area contributed by atoms with Gasteiger partial charge in [0.2, 0.25) is 5.91 Å². The second-order valence-electron chi connectivity index (χ2n) is 4.30. The molecule has 0 atom stereocenters. The molecule has 19 heavy (non-hydrogen) atoms. The number of aromatic nitrogens is 1. The zero-order valence-corrected chi connectivity index (χ0v) is 12.3. The fraction of sp³-hybridized carbons (Fsp3) is 0.286. The third kappa shape index (κ3) is 4.21. The van der Waals surface area contributed by atoms with Crippen LogP contribution >= 0.6 is 15.9 Å². The average Bonchev–Trinajstić information content (AvgIpc) is 2.38. The first-order valence-electron chi connectivity index (χ1n) is 6.20. The number of anilines is 1. The molecule has 1 aromatic heterocycles. The van der Waals surface area contributed by atoms with Gasteiger partial charge in [-0.25, -0.2) is 4.98 Å². The summed E-state index contributed by atoms with van der Waals surface area (Å²) < 4.78 is 1.05. The van der Waals surface area contributed by atoms with Gasteiger partial charge in [0.1, 0.15) is 5.82 Å². The Morgan fingerprint density at radius 1 is 1.26 bits per heavy atom. The minimum absolute atomic E-state index is 0.00871. The summed E-state index contributed by atoms with van der Waals surface area (Å²) in [4.78, 5) is 15.2. The lowest BCUT2D eigenvalue weighted by Gasteiger charge is -2.07. The third-order valence-electron chi connectivity index (χ3n) is 2.68. The van der Waals surface area contributed by atoms with Crippen molar-refractivity contribution in [1.29, 1.82) is 0 Å². The zero-order valence-electron chi connectivity index (χ0n) is 10.7. The van der Waals surface area contributed by atoms with E-state index in [0.29, 0.717) is 6.54 Å². The van der Waals surface area contributed by atoms with Crippen molar-refractivity contribution >= 4 is 38.6 Å². The smallest absolute Gasteiger partial charge is 0.216 e. The van der Waals surface area contributed by atoms with Crippen LogP contribution in [0.3, 0.4) is 0 Å². The second-order valence-corrected chi connectivity index (χ2v) is 5.21. The summed E-state index contributed by atoms with van der Waals surface area (Å²) in [5, 5.41) is 7.12. The highest BCUT2D eigenvalue weighted by Crippen LogP contribution is 2.19. The number of amides is 1. The lowest BCUT2D eigenvalue weighted by molar-refractivity contribution is -0.118. The molecule has 0 saturated carbocycles. The minimum atomic E-state index is 0.00871. The van der Waals surface area contributed by atoms with Crippen LogP contribution in [0.5, 0.6) is 0 Å². The molecule has 2 N–H and O–H groups in total. The molecule has 0 aliphatic rings. The maximum atomic E-state index is 10.7. The molecule has 2 aromatic rings. The third-order valence-corrected chi connectivity index (χ3v) is 3.18. The number of hydrogen-bond donors (Lipinski definition) is 2. The Balaban J connectivity index is 1.91. The molecule has 1 amide bonds. The number of hydrogen-bond acceptors (Lipinski definition) is 3. The van der Waals surface area contributed by atoms with Crippen LogP contribution in [0.2, 0.25) is 0 Å². The summed E-state index contributed by atoms with van der Waals surface area (Å²) in [6, 6.07) is 10.0. The molecule has 0 spiro atoms. The molecule has 0 aliphatic heterocycles. The molecule has 5 heteroatoms. The maximum absolute atomic E-state index is 10.7. The lowest BCUT2D eigenvalue weighted by atomic mass is 10.2. The van der Waals surface area contributed by atoms with Crippen LogP contribution in [0.4, 0.5) is 5.82 Å². The van der Waals surface area contributed by atoms with E-state index in [1.54, 1.807) is 0 Å². The Labute approximate surface area is 120 Å². The number of carbonyl (C=O) groups is 1. The minimum Gasteiger partial charge on any atom is -0.370 e. The number of benzene rings is 1. The van der Waals surface area contributed by atoms with E-state index in [2.05, 4.69) is 31.5 Å². The van der Waals surface area contributed by atoms with Gasteiger partial charge < -0.3 is 10.6 Å². The van der Waals surface area contributed by atoms with Crippen LogP contribution in [-0.4, -0.2) is 24.0 Å². The van der Waals surface area contributed by atoms with Crippen LogP contribution in [0, 0.1) is 0 Å². The van der Waals surface area contributed by atoms with Crippen molar-refractivity contribution in [1.82, 2.24) is 10.3 Å². The molecular weight excluding hydrogens is 306 g/mol. The molecule has 0 aliphatic carbocycles. The van der Waals surface area contributed by atoms with Crippen molar-refractivity contribution in [3.05, 3.63) is 34.8 Å². The van der Waals surface area contributed by atoms with Gasteiger partial charge >= 0.3 is 0 Å². The molecule has 0 unspecified atom stereocenters. The summed E-state index contributed by atoms with van der Waals surface area (Å²) in [5.41, 5.74) is 0.968. The number of nitrogens with zero attached hydrogens (tertiary/aromatic N) is 1. The van der Waals surface area contributed by atoms with Crippen molar-refractivity contribution in [3.63, 3.8) is 0 Å². The van der Waals surface area contributed by atoms with E-state index in [-0.39, 0.29) is 5.91 Å². The van der Waals surface area contributed by atoms with Gasteiger partial charge in [0.15, 0.2) is 0 Å². The summed E-state index contributed by atoms with van der Waals surface area (Å²) in [5.74, 6) is 0.868. The molecule has 1 heterocycles. The van der Waals surface area contributed by atoms with Crippen molar-refractivity contribution in [2.24, 2.45) is 0 Å². The molecule has 0 bridgehead atoms. The number of fused-ring (bicyclic) bond motifs is 1. The topological polar surface area (TPSA) is 54.0 Å². The molecular formula is C14H16BrN3O. The van der Waals surface area contributed by atoms with E-state index in [9.17, 15) is 4.79 Å². The number of carbonyl (C=O) groups excluding carboxylic acids is 1. The summed E-state index contributed by atoms with van der Waals surface area (Å²) in [6.07, 6.45) is 0.875. The molecule has 0 radical (unpaired) electrons. The number of halogens is 1. The lowest BCUT2D eigenvalue weighted by Crippen LogP contribution is -2.22. The van der Waals surface area contributed by atoms with Crippen LogP contribution in [0.25, 0.3) is 10.9 Å². The summed E-state index contributed by atoms with van der Waals surface area (Å²) >= 11 is 3.44. The Morgan fingerprint density at radius 3 is 2.89 bits per heavy atom. The van der Waals surface area contributed by atoms with E-state index in [1.165, 1.54) is 6.92 Å². The Kier molecular flexibility index (Phi) is 4.74. The first kappa shape index (κ1) is 13.8. The number of nitrogens with one attached hydrogen (secondary N) is 2. The SMILES string of the molecule is CC(=O)NCCCNc1ccc2cc(Br)ccc2n1. The zero-order chi connectivity index (χ0) is 13.7. The average molecular weight is 322 g/mol. The van der Waals surface area contributed by atoms with Gasteiger partial charge in [0, 0.05) is 29.9 Å². The summed E-state index contributed by atoms with van der Waals surface area (Å²) in [7, 11) is 0. The fourth-order valence-corrected chi connectivity index (χ4v) is 2.14. The highest BCUT2D eigenvalue weighted by molar-refractivity contribution is 9.10. The molecule has 0 fully saturated rings. The quantitative estimate of drug-likeness (QED) is 0.832. The van der Waals surface area contributed by atoms with Gasteiger partial charge in [-0.05, 0) is 36.8 Å². The van der Waals surface area contributed by atoms with E-state index in [4.69, 9.17) is 0 Å². The van der Waals surface area contributed by atoms with Crippen LogP contribution in [-0.2, 0) is 4.79 Å². The van der Waals surface area contributed by atoms with E-state index >= 15 is 0 Å². The monoisotopic (exact) mass is 321 g/mol. The van der Waals surface area contributed by atoms with Gasteiger partial charge in [0.25, 0.3) is 0 Å².